The first-order valence-electron chi connectivity index (χ1n) is 5.14. The van der Waals surface area contributed by atoms with Gasteiger partial charge in [0.15, 0.2) is 6.61 Å². The van der Waals surface area contributed by atoms with Gasteiger partial charge in [-0.05, 0) is 18.6 Å². The number of benzene rings is 1. The molecule has 0 aliphatic carbocycles. The highest BCUT2D eigenvalue weighted by molar-refractivity contribution is 6.33. The molecule has 0 unspecified atom stereocenters. The Morgan fingerprint density at radius 1 is 1.40 bits per heavy atom. The molecule has 0 aliphatic heterocycles. The van der Waals surface area contributed by atoms with E-state index < -0.39 is 24.7 Å². The number of amides is 1. The molecule has 0 atom stereocenters. The molecule has 0 aromatic heterocycles. The quantitative estimate of drug-likeness (QED) is 0.896. The standard InChI is InChI=1S/C11H9ClF3NO4/c1-5-2-6(12)7(16-10(19)11(13,14)15)3-8(5)20-4-9(17)18/h2-3H,4H2,1H3,(H,16,19)(H,17,18). The molecule has 0 bridgehead atoms. The number of hydrogen-bond acceptors (Lipinski definition) is 3. The Labute approximate surface area is 116 Å². The fraction of sp³-hybridized carbons (Fsp3) is 0.273. The first-order chi connectivity index (χ1) is 9.11. The summed E-state index contributed by atoms with van der Waals surface area (Å²) in [5, 5.41) is 9.93. The lowest BCUT2D eigenvalue weighted by atomic mass is 10.2. The topological polar surface area (TPSA) is 75.6 Å². The lowest BCUT2D eigenvalue weighted by Gasteiger charge is -2.13. The van der Waals surface area contributed by atoms with Crippen LogP contribution in [0.5, 0.6) is 5.75 Å². The van der Waals surface area contributed by atoms with Crippen molar-refractivity contribution in [3.05, 3.63) is 22.7 Å². The third-order valence-electron chi connectivity index (χ3n) is 2.12. The van der Waals surface area contributed by atoms with Gasteiger partial charge >= 0.3 is 18.1 Å². The zero-order valence-electron chi connectivity index (χ0n) is 10.0. The van der Waals surface area contributed by atoms with Crippen molar-refractivity contribution >= 4 is 29.2 Å². The summed E-state index contributed by atoms with van der Waals surface area (Å²) in [7, 11) is 0. The van der Waals surface area contributed by atoms with Crippen molar-refractivity contribution in [2.75, 3.05) is 11.9 Å². The van der Waals surface area contributed by atoms with E-state index in [1.165, 1.54) is 13.0 Å². The number of aryl methyl sites for hydroxylation is 1. The minimum Gasteiger partial charge on any atom is -0.482 e. The van der Waals surface area contributed by atoms with Gasteiger partial charge < -0.3 is 15.2 Å². The summed E-state index contributed by atoms with van der Waals surface area (Å²) in [6.45, 7) is 0.855. The molecule has 0 saturated carbocycles. The first-order valence-corrected chi connectivity index (χ1v) is 5.52. The molecule has 1 aromatic rings. The van der Waals surface area contributed by atoms with Crippen molar-refractivity contribution in [2.24, 2.45) is 0 Å². The van der Waals surface area contributed by atoms with E-state index in [0.717, 1.165) is 6.07 Å². The average Bonchev–Trinajstić information content (AvgIpc) is 2.29. The highest BCUT2D eigenvalue weighted by Gasteiger charge is 2.39. The zero-order chi connectivity index (χ0) is 15.5. The largest absolute Gasteiger partial charge is 0.482 e. The van der Waals surface area contributed by atoms with Crippen LogP contribution in [0.3, 0.4) is 0 Å². The maximum Gasteiger partial charge on any atom is 0.471 e. The number of rotatable bonds is 4. The molecule has 110 valence electrons. The molecule has 9 heteroatoms. The summed E-state index contributed by atoms with van der Waals surface area (Å²) >= 11 is 5.70. The van der Waals surface area contributed by atoms with Gasteiger partial charge in [0.05, 0.1) is 10.7 Å². The Morgan fingerprint density at radius 2 is 2.00 bits per heavy atom. The van der Waals surface area contributed by atoms with Crippen molar-refractivity contribution in [1.29, 1.82) is 0 Å². The van der Waals surface area contributed by atoms with Crippen molar-refractivity contribution in [3.63, 3.8) is 0 Å². The van der Waals surface area contributed by atoms with Crippen molar-refractivity contribution in [1.82, 2.24) is 0 Å². The van der Waals surface area contributed by atoms with Gasteiger partial charge in [-0.15, -0.1) is 0 Å². The van der Waals surface area contributed by atoms with E-state index in [0.29, 0.717) is 5.56 Å². The van der Waals surface area contributed by atoms with Gasteiger partial charge in [-0.25, -0.2) is 4.79 Å². The van der Waals surface area contributed by atoms with Crippen LogP contribution in [0.1, 0.15) is 5.56 Å². The molecule has 0 aliphatic rings. The van der Waals surface area contributed by atoms with Gasteiger partial charge in [-0.3, -0.25) is 4.79 Å². The van der Waals surface area contributed by atoms with E-state index in [4.69, 9.17) is 21.4 Å². The molecule has 0 saturated heterocycles. The fourth-order valence-corrected chi connectivity index (χ4v) is 1.50. The minimum absolute atomic E-state index is 0.00859. The molecule has 0 fully saturated rings. The number of halogens is 4. The van der Waals surface area contributed by atoms with Gasteiger partial charge in [0.2, 0.25) is 0 Å². The second kappa shape index (κ2) is 6.00. The lowest BCUT2D eigenvalue weighted by molar-refractivity contribution is -0.167. The Balaban J connectivity index is 2.99. The first kappa shape index (κ1) is 16.1. The number of alkyl halides is 3. The second-order valence-electron chi connectivity index (χ2n) is 3.73. The van der Waals surface area contributed by atoms with Crippen molar-refractivity contribution < 1.29 is 32.6 Å². The highest BCUT2D eigenvalue weighted by Crippen LogP contribution is 2.31. The van der Waals surface area contributed by atoms with Gasteiger partial charge in [-0.1, -0.05) is 11.6 Å². The van der Waals surface area contributed by atoms with Crippen LogP contribution in [0.25, 0.3) is 0 Å². The third-order valence-corrected chi connectivity index (χ3v) is 2.43. The predicted molar refractivity (Wildman–Crippen MR) is 64.0 cm³/mol. The number of carboxylic acids is 1. The van der Waals surface area contributed by atoms with Crippen LogP contribution in [-0.2, 0) is 9.59 Å². The normalized spacial score (nSPS) is 11.1. The van der Waals surface area contributed by atoms with E-state index >= 15 is 0 Å². The minimum atomic E-state index is -5.06. The summed E-state index contributed by atoms with van der Waals surface area (Å²) in [4.78, 5) is 21.2. The van der Waals surface area contributed by atoms with Gasteiger partial charge in [0.25, 0.3) is 0 Å². The Morgan fingerprint density at radius 3 is 2.50 bits per heavy atom. The van der Waals surface area contributed by atoms with Crippen LogP contribution < -0.4 is 10.1 Å². The van der Waals surface area contributed by atoms with E-state index in [-0.39, 0.29) is 16.5 Å². The van der Waals surface area contributed by atoms with Gasteiger partial charge in [0.1, 0.15) is 5.75 Å². The van der Waals surface area contributed by atoms with E-state index in [2.05, 4.69) is 0 Å². The SMILES string of the molecule is Cc1cc(Cl)c(NC(=O)C(F)(F)F)cc1OCC(=O)O. The number of nitrogens with one attached hydrogen (secondary N) is 1. The predicted octanol–water partition coefficient (Wildman–Crippen LogP) is 2.61. The van der Waals surface area contributed by atoms with Crippen LogP contribution in [0.2, 0.25) is 5.02 Å². The Bertz CT molecular complexity index is 545. The van der Waals surface area contributed by atoms with Crippen molar-refractivity contribution in [3.8, 4) is 5.75 Å². The maximum absolute atomic E-state index is 12.1. The fourth-order valence-electron chi connectivity index (χ4n) is 1.24. The maximum atomic E-state index is 12.1. The Hall–Kier alpha value is -1.96. The van der Waals surface area contributed by atoms with Crippen LogP contribution >= 0.6 is 11.6 Å². The third kappa shape index (κ3) is 4.30. The number of ether oxygens (including phenoxy) is 1. The average molecular weight is 312 g/mol. The summed E-state index contributed by atoms with van der Waals surface area (Å²) in [5.41, 5.74) is 0.0984. The van der Waals surface area contributed by atoms with E-state index in [1.807, 2.05) is 0 Å². The van der Waals surface area contributed by atoms with E-state index in [9.17, 15) is 22.8 Å². The molecule has 1 amide bonds. The monoisotopic (exact) mass is 311 g/mol. The summed E-state index contributed by atoms with van der Waals surface area (Å²) < 4.78 is 41.3. The van der Waals surface area contributed by atoms with Crippen molar-refractivity contribution in [2.45, 2.75) is 13.1 Å². The molecular weight excluding hydrogens is 303 g/mol. The molecule has 0 radical (unpaired) electrons. The zero-order valence-corrected chi connectivity index (χ0v) is 10.8. The molecule has 0 heterocycles. The highest BCUT2D eigenvalue weighted by atomic mass is 35.5. The molecule has 2 N–H and O–H groups in total. The number of carboxylic acid groups (broad SMARTS) is 1. The molecule has 20 heavy (non-hydrogen) atoms. The number of carbonyl (C=O) groups is 2. The molecule has 1 rings (SSSR count). The Kier molecular flexibility index (Phi) is 4.83. The molecule has 0 spiro atoms. The molecule has 1 aromatic carbocycles. The second-order valence-corrected chi connectivity index (χ2v) is 4.14. The summed E-state index contributed by atoms with van der Waals surface area (Å²) in [6, 6.07) is 2.29. The smallest absolute Gasteiger partial charge is 0.471 e. The number of hydrogen-bond donors (Lipinski definition) is 2. The number of anilines is 1. The summed E-state index contributed by atoms with van der Waals surface area (Å²) in [6.07, 6.45) is -5.06. The molecule has 5 nitrogen and oxygen atoms in total. The van der Waals surface area contributed by atoms with Crippen LogP contribution in [-0.4, -0.2) is 29.8 Å². The summed E-state index contributed by atoms with van der Waals surface area (Å²) in [5.74, 6) is -3.43. The number of aliphatic carboxylic acids is 1. The van der Waals surface area contributed by atoms with E-state index in [1.54, 1.807) is 5.32 Å². The van der Waals surface area contributed by atoms with Crippen LogP contribution in [0.4, 0.5) is 18.9 Å². The van der Waals surface area contributed by atoms with Crippen LogP contribution in [0, 0.1) is 6.92 Å². The molecular formula is C11H9ClF3NO4. The van der Waals surface area contributed by atoms with Crippen LogP contribution in [0.15, 0.2) is 12.1 Å². The lowest BCUT2D eigenvalue weighted by Crippen LogP contribution is -2.30. The van der Waals surface area contributed by atoms with Gasteiger partial charge in [-0.2, -0.15) is 13.2 Å². The van der Waals surface area contributed by atoms with Gasteiger partial charge in [0, 0.05) is 6.07 Å². The number of carbonyl (C=O) groups excluding carboxylic acids is 1.